The van der Waals surface area contributed by atoms with Gasteiger partial charge in [0.2, 0.25) is 0 Å². The molecule has 116 valence electrons. The first-order chi connectivity index (χ1) is 10.2. The highest BCUT2D eigenvalue weighted by Gasteiger charge is 2.20. The molecule has 2 unspecified atom stereocenters. The van der Waals surface area contributed by atoms with Gasteiger partial charge in [-0.05, 0) is 56.4 Å². The van der Waals surface area contributed by atoms with Gasteiger partial charge in [-0.25, -0.2) is 4.79 Å². The monoisotopic (exact) mass is 292 g/mol. The number of aliphatic hydroxyl groups excluding tert-OH is 1. The highest BCUT2D eigenvalue weighted by Crippen LogP contribution is 2.23. The van der Waals surface area contributed by atoms with Crippen LogP contribution >= 0.6 is 0 Å². The summed E-state index contributed by atoms with van der Waals surface area (Å²) in [5.41, 5.74) is 0.736. The molecular formula is C16H24N2O3. The number of carbonyl (C=O) groups is 1. The van der Waals surface area contributed by atoms with Gasteiger partial charge in [0.15, 0.2) is 0 Å². The van der Waals surface area contributed by atoms with Crippen molar-refractivity contribution in [1.82, 2.24) is 5.32 Å². The molecule has 0 spiro atoms. The summed E-state index contributed by atoms with van der Waals surface area (Å²) >= 11 is 0. The molecule has 0 saturated heterocycles. The van der Waals surface area contributed by atoms with Crippen molar-refractivity contribution in [2.45, 2.75) is 38.7 Å². The van der Waals surface area contributed by atoms with Crippen molar-refractivity contribution in [2.75, 3.05) is 18.5 Å². The Labute approximate surface area is 125 Å². The van der Waals surface area contributed by atoms with Gasteiger partial charge in [-0.15, -0.1) is 0 Å². The van der Waals surface area contributed by atoms with Crippen LogP contribution in [0.15, 0.2) is 24.3 Å². The third-order valence-electron chi connectivity index (χ3n) is 3.73. The SMILES string of the molecule is CCOc1ccc(NC(=O)NCC2CCCC(O)C2)cc1. The molecule has 2 amide bonds. The zero-order valence-corrected chi connectivity index (χ0v) is 12.5. The number of aliphatic hydroxyl groups is 1. The van der Waals surface area contributed by atoms with Crippen molar-refractivity contribution in [3.8, 4) is 5.75 Å². The fourth-order valence-electron chi connectivity index (χ4n) is 2.66. The van der Waals surface area contributed by atoms with Crippen LogP contribution in [0.1, 0.15) is 32.6 Å². The molecule has 0 heterocycles. The Morgan fingerprint density at radius 3 is 2.76 bits per heavy atom. The van der Waals surface area contributed by atoms with E-state index in [1.165, 1.54) is 0 Å². The van der Waals surface area contributed by atoms with E-state index >= 15 is 0 Å². The van der Waals surface area contributed by atoms with Gasteiger partial charge in [0.25, 0.3) is 0 Å². The highest BCUT2D eigenvalue weighted by atomic mass is 16.5. The molecule has 2 atom stereocenters. The smallest absolute Gasteiger partial charge is 0.319 e. The van der Waals surface area contributed by atoms with Gasteiger partial charge in [0.1, 0.15) is 5.75 Å². The molecule has 1 fully saturated rings. The van der Waals surface area contributed by atoms with E-state index in [4.69, 9.17) is 4.74 Å². The van der Waals surface area contributed by atoms with E-state index in [0.29, 0.717) is 19.1 Å². The molecule has 21 heavy (non-hydrogen) atoms. The molecule has 5 nitrogen and oxygen atoms in total. The minimum Gasteiger partial charge on any atom is -0.494 e. The third-order valence-corrected chi connectivity index (χ3v) is 3.73. The zero-order chi connectivity index (χ0) is 15.1. The fraction of sp³-hybridized carbons (Fsp3) is 0.562. The maximum Gasteiger partial charge on any atom is 0.319 e. The van der Waals surface area contributed by atoms with Gasteiger partial charge < -0.3 is 20.5 Å². The Hall–Kier alpha value is -1.75. The van der Waals surface area contributed by atoms with Gasteiger partial charge in [-0.2, -0.15) is 0 Å². The lowest BCUT2D eigenvalue weighted by atomic mass is 9.87. The molecule has 0 aliphatic heterocycles. The second-order valence-electron chi connectivity index (χ2n) is 5.48. The molecule has 5 heteroatoms. The number of ether oxygens (including phenoxy) is 1. The number of hydrogen-bond donors (Lipinski definition) is 3. The Balaban J connectivity index is 1.73. The van der Waals surface area contributed by atoms with Crippen molar-refractivity contribution in [3.63, 3.8) is 0 Å². The summed E-state index contributed by atoms with van der Waals surface area (Å²) in [5, 5.41) is 15.3. The summed E-state index contributed by atoms with van der Waals surface area (Å²) in [7, 11) is 0. The van der Waals surface area contributed by atoms with Crippen molar-refractivity contribution in [1.29, 1.82) is 0 Å². The maximum absolute atomic E-state index is 11.8. The van der Waals surface area contributed by atoms with E-state index in [0.717, 1.165) is 37.1 Å². The third kappa shape index (κ3) is 5.27. The normalized spacial score (nSPS) is 21.6. The Morgan fingerprint density at radius 1 is 1.33 bits per heavy atom. The molecule has 2 rings (SSSR count). The summed E-state index contributed by atoms with van der Waals surface area (Å²) in [6, 6.07) is 7.08. The van der Waals surface area contributed by atoms with Crippen LogP contribution in [0.3, 0.4) is 0 Å². The summed E-state index contributed by atoms with van der Waals surface area (Å²) in [6.45, 7) is 3.17. The number of urea groups is 1. The number of benzene rings is 1. The van der Waals surface area contributed by atoms with Crippen LogP contribution in [0.5, 0.6) is 5.75 Å². The van der Waals surface area contributed by atoms with Crippen LogP contribution in [-0.2, 0) is 0 Å². The van der Waals surface area contributed by atoms with E-state index < -0.39 is 0 Å². The van der Waals surface area contributed by atoms with E-state index in [-0.39, 0.29) is 12.1 Å². The molecule has 1 saturated carbocycles. The number of carbonyl (C=O) groups excluding carboxylic acids is 1. The first-order valence-electron chi connectivity index (χ1n) is 7.63. The first-order valence-corrected chi connectivity index (χ1v) is 7.63. The number of hydrogen-bond acceptors (Lipinski definition) is 3. The first kappa shape index (κ1) is 15.6. The average Bonchev–Trinajstić information content (AvgIpc) is 2.48. The Morgan fingerprint density at radius 2 is 2.10 bits per heavy atom. The van der Waals surface area contributed by atoms with Crippen molar-refractivity contribution in [2.24, 2.45) is 5.92 Å². The highest BCUT2D eigenvalue weighted by molar-refractivity contribution is 5.89. The van der Waals surface area contributed by atoms with E-state index in [9.17, 15) is 9.90 Å². The minimum absolute atomic E-state index is 0.209. The molecule has 0 radical (unpaired) electrons. The second-order valence-corrected chi connectivity index (χ2v) is 5.48. The minimum atomic E-state index is -0.209. The van der Waals surface area contributed by atoms with E-state index in [1.807, 2.05) is 31.2 Å². The summed E-state index contributed by atoms with van der Waals surface area (Å²) in [6.07, 6.45) is 3.56. The van der Waals surface area contributed by atoms with Crippen LogP contribution in [0.25, 0.3) is 0 Å². The van der Waals surface area contributed by atoms with Crippen LogP contribution in [0.2, 0.25) is 0 Å². The maximum atomic E-state index is 11.8. The van der Waals surface area contributed by atoms with Crippen LogP contribution in [0.4, 0.5) is 10.5 Å². The predicted molar refractivity (Wildman–Crippen MR) is 82.6 cm³/mol. The van der Waals surface area contributed by atoms with Gasteiger partial charge in [-0.3, -0.25) is 0 Å². The van der Waals surface area contributed by atoms with Crippen LogP contribution in [0, 0.1) is 5.92 Å². The fourth-order valence-corrected chi connectivity index (χ4v) is 2.66. The lowest BCUT2D eigenvalue weighted by Crippen LogP contribution is -2.35. The van der Waals surface area contributed by atoms with Gasteiger partial charge in [0, 0.05) is 12.2 Å². The number of nitrogens with one attached hydrogen (secondary N) is 2. The largest absolute Gasteiger partial charge is 0.494 e. The summed E-state index contributed by atoms with van der Waals surface area (Å²) < 4.78 is 5.35. The average molecular weight is 292 g/mol. The molecule has 1 aliphatic carbocycles. The molecule has 1 aromatic rings. The van der Waals surface area contributed by atoms with Crippen LogP contribution in [-0.4, -0.2) is 30.4 Å². The Kier molecular flexibility index (Phi) is 5.87. The van der Waals surface area contributed by atoms with Gasteiger partial charge >= 0.3 is 6.03 Å². The molecule has 1 aromatic carbocycles. The number of anilines is 1. The molecular weight excluding hydrogens is 268 g/mol. The molecule has 1 aliphatic rings. The van der Waals surface area contributed by atoms with E-state index in [1.54, 1.807) is 0 Å². The lowest BCUT2D eigenvalue weighted by Gasteiger charge is -2.25. The lowest BCUT2D eigenvalue weighted by molar-refractivity contribution is 0.101. The standard InChI is InChI=1S/C16H24N2O3/c1-2-21-15-8-6-13(7-9-15)18-16(20)17-11-12-4-3-5-14(19)10-12/h6-9,12,14,19H,2-5,10-11H2,1H3,(H2,17,18,20). The molecule has 3 N–H and O–H groups in total. The van der Waals surface area contributed by atoms with Crippen molar-refractivity contribution >= 4 is 11.7 Å². The summed E-state index contributed by atoms with van der Waals surface area (Å²) in [4.78, 5) is 11.8. The summed E-state index contributed by atoms with van der Waals surface area (Å²) in [5.74, 6) is 1.17. The molecule has 0 bridgehead atoms. The van der Waals surface area contributed by atoms with Crippen molar-refractivity contribution < 1.29 is 14.6 Å². The van der Waals surface area contributed by atoms with Gasteiger partial charge in [0.05, 0.1) is 12.7 Å². The number of rotatable bonds is 5. The zero-order valence-electron chi connectivity index (χ0n) is 12.5. The van der Waals surface area contributed by atoms with E-state index in [2.05, 4.69) is 10.6 Å². The topological polar surface area (TPSA) is 70.6 Å². The predicted octanol–water partition coefficient (Wildman–Crippen LogP) is 2.76. The number of amides is 2. The van der Waals surface area contributed by atoms with Gasteiger partial charge in [-0.1, -0.05) is 6.42 Å². The second kappa shape index (κ2) is 7.88. The van der Waals surface area contributed by atoms with Crippen LogP contribution < -0.4 is 15.4 Å². The van der Waals surface area contributed by atoms with Crippen molar-refractivity contribution in [3.05, 3.63) is 24.3 Å². The quantitative estimate of drug-likeness (QED) is 0.781. The molecule has 0 aromatic heterocycles. The Bertz CT molecular complexity index is 447.